The molecule has 0 unspecified atom stereocenters. The lowest BCUT2D eigenvalue weighted by molar-refractivity contribution is -0.126. The maximum absolute atomic E-state index is 10.9. The van der Waals surface area contributed by atoms with Gasteiger partial charge in [0.25, 0.3) is 0 Å². The minimum atomic E-state index is -1.36. The smallest absolute Gasteiger partial charge is 0.246 e. The van der Waals surface area contributed by atoms with Gasteiger partial charge < -0.3 is 61.8 Å². The van der Waals surface area contributed by atoms with Crippen molar-refractivity contribution in [1.29, 1.82) is 0 Å². The van der Waals surface area contributed by atoms with Crippen LogP contribution in [0.15, 0.2) is 50.6 Å². The molecular formula is C27H50N6O10. The van der Waals surface area contributed by atoms with Gasteiger partial charge in [-0.1, -0.05) is 26.3 Å². The van der Waals surface area contributed by atoms with Crippen LogP contribution in [0.2, 0.25) is 0 Å². The van der Waals surface area contributed by atoms with E-state index >= 15 is 0 Å². The normalized spacial score (nSPS) is 11.8. The third kappa shape index (κ3) is 27.1. The van der Waals surface area contributed by atoms with Crippen molar-refractivity contribution in [3.05, 3.63) is 50.6 Å². The van der Waals surface area contributed by atoms with Gasteiger partial charge in [-0.15, -0.1) is 0 Å². The van der Waals surface area contributed by atoms with Gasteiger partial charge in [0.1, 0.15) is 12.3 Å². The van der Waals surface area contributed by atoms with Gasteiger partial charge in [-0.3, -0.25) is 19.2 Å². The summed E-state index contributed by atoms with van der Waals surface area (Å²) in [5.74, 6) is -1.05. The van der Waals surface area contributed by atoms with Gasteiger partial charge in [-0.2, -0.15) is 0 Å². The molecule has 16 heteroatoms. The topological polar surface area (TPSA) is 245 Å². The van der Waals surface area contributed by atoms with Gasteiger partial charge in [-0.05, 0) is 24.3 Å². The van der Waals surface area contributed by atoms with Crippen molar-refractivity contribution in [1.82, 2.24) is 26.2 Å². The Hall–Kier alpha value is -3.48. The average molecular weight is 619 g/mol. The molecule has 0 aromatic rings. The molecule has 1 fully saturated rings. The Kier molecular flexibility index (Phi) is 32.2. The Morgan fingerprint density at radius 3 is 1.65 bits per heavy atom. The van der Waals surface area contributed by atoms with Crippen molar-refractivity contribution in [2.45, 2.75) is 5.54 Å². The number of piperazine rings is 1. The first-order chi connectivity index (χ1) is 20.6. The molecule has 1 heterocycles. The molecule has 0 radical (unpaired) electrons. The molecule has 43 heavy (non-hydrogen) atoms. The lowest BCUT2D eigenvalue weighted by atomic mass is 10.0. The van der Waals surface area contributed by atoms with Gasteiger partial charge in [0, 0.05) is 39.3 Å². The van der Waals surface area contributed by atoms with Crippen molar-refractivity contribution < 1.29 is 49.1 Å². The highest BCUT2D eigenvalue weighted by Crippen LogP contribution is 2.00. The van der Waals surface area contributed by atoms with E-state index in [0.29, 0.717) is 39.5 Å². The molecule has 16 nitrogen and oxygen atoms in total. The fourth-order valence-electron chi connectivity index (χ4n) is 2.47. The van der Waals surface area contributed by atoms with Gasteiger partial charge in [0.05, 0.1) is 46.2 Å². The van der Waals surface area contributed by atoms with Crippen LogP contribution in [0.5, 0.6) is 0 Å². The van der Waals surface area contributed by atoms with E-state index in [1.165, 1.54) is 12.2 Å². The third-order valence-corrected chi connectivity index (χ3v) is 4.89. The molecule has 1 rings (SSSR count). The monoisotopic (exact) mass is 618 g/mol. The highest BCUT2D eigenvalue weighted by Gasteiger charge is 2.28. The van der Waals surface area contributed by atoms with Crippen LogP contribution in [0.25, 0.3) is 0 Å². The van der Waals surface area contributed by atoms with Crippen molar-refractivity contribution in [3.8, 4) is 0 Å². The second-order valence-electron chi connectivity index (χ2n) is 8.14. The SMILES string of the molecule is C=CC(=O)N1CCNCC1.C=CC(=O)NC(CO)(CO)CO.C=CC(=O)NCCOCCOCCN.C=CC(=O)NCO. The number of amides is 4. The van der Waals surface area contributed by atoms with E-state index < -0.39 is 31.3 Å². The summed E-state index contributed by atoms with van der Waals surface area (Å²) in [6.45, 7) is 17.7. The summed E-state index contributed by atoms with van der Waals surface area (Å²) >= 11 is 0. The van der Waals surface area contributed by atoms with E-state index in [0.717, 1.165) is 38.3 Å². The van der Waals surface area contributed by atoms with E-state index in [1.807, 2.05) is 0 Å². The number of nitrogens with one attached hydrogen (secondary N) is 4. The Balaban J connectivity index is -0.000000509. The molecule has 0 saturated carbocycles. The second-order valence-corrected chi connectivity index (χ2v) is 8.14. The number of aliphatic hydroxyl groups excluding tert-OH is 4. The highest BCUT2D eigenvalue weighted by atomic mass is 16.5. The molecule has 4 amide bonds. The summed E-state index contributed by atoms with van der Waals surface area (Å²) in [5, 5.41) is 44.3. The fourth-order valence-corrected chi connectivity index (χ4v) is 2.47. The van der Waals surface area contributed by atoms with Crippen LogP contribution in [-0.4, -0.2) is 147 Å². The van der Waals surface area contributed by atoms with Crippen LogP contribution in [0, 0.1) is 0 Å². The first-order valence-corrected chi connectivity index (χ1v) is 13.3. The molecule has 10 N–H and O–H groups in total. The minimum absolute atomic E-state index is 0.0431. The van der Waals surface area contributed by atoms with E-state index in [2.05, 4.69) is 47.6 Å². The summed E-state index contributed by atoms with van der Waals surface area (Å²) in [7, 11) is 0. The second kappa shape index (κ2) is 31.5. The molecule has 0 spiro atoms. The molecule has 0 aromatic carbocycles. The van der Waals surface area contributed by atoms with Crippen LogP contribution in [0.1, 0.15) is 0 Å². The molecule has 248 valence electrons. The number of carbonyl (C=O) groups is 4. The Labute approximate surface area is 253 Å². The number of ether oxygens (including phenoxy) is 2. The predicted molar refractivity (Wildman–Crippen MR) is 161 cm³/mol. The number of nitrogens with zero attached hydrogens (tertiary/aromatic N) is 1. The third-order valence-electron chi connectivity index (χ3n) is 4.89. The lowest BCUT2D eigenvalue weighted by Crippen LogP contribution is -2.56. The Morgan fingerprint density at radius 1 is 0.767 bits per heavy atom. The summed E-state index contributed by atoms with van der Waals surface area (Å²) < 4.78 is 10.2. The number of rotatable bonds is 17. The first-order valence-electron chi connectivity index (χ1n) is 13.3. The number of hydrogen-bond donors (Lipinski definition) is 9. The van der Waals surface area contributed by atoms with Crippen molar-refractivity contribution in [2.75, 3.05) is 92.2 Å². The van der Waals surface area contributed by atoms with E-state index in [-0.39, 0.29) is 24.5 Å². The number of nitrogens with two attached hydrogens (primary N) is 1. The van der Waals surface area contributed by atoms with Crippen LogP contribution >= 0.6 is 0 Å². The van der Waals surface area contributed by atoms with Crippen LogP contribution in [-0.2, 0) is 28.7 Å². The molecule has 0 atom stereocenters. The Bertz CT molecular complexity index is 795. The summed E-state index contributed by atoms with van der Waals surface area (Å²) in [6, 6.07) is 0. The van der Waals surface area contributed by atoms with Crippen molar-refractivity contribution >= 4 is 23.6 Å². The Morgan fingerprint density at radius 2 is 1.26 bits per heavy atom. The van der Waals surface area contributed by atoms with E-state index in [4.69, 9.17) is 35.6 Å². The highest BCUT2D eigenvalue weighted by molar-refractivity contribution is 5.88. The van der Waals surface area contributed by atoms with Crippen LogP contribution < -0.4 is 27.0 Å². The van der Waals surface area contributed by atoms with Crippen LogP contribution in [0.4, 0.5) is 0 Å². The number of hydrogen-bond acceptors (Lipinski definition) is 12. The molecule has 0 bridgehead atoms. The molecule has 1 saturated heterocycles. The van der Waals surface area contributed by atoms with E-state index in [1.54, 1.807) is 4.90 Å². The van der Waals surface area contributed by atoms with Crippen molar-refractivity contribution in [2.24, 2.45) is 5.73 Å². The number of carbonyl (C=O) groups excluding carboxylic acids is 4. The standard InChI is InChI=1S/C9H18N2O3.C7H12N2O.C7H13NO4.C4H7NO2/c1-2-9(12)11-4-6-14-8-7-13-5-3-10;1-2-7(10)9-5-3-8-4-6-9;1-2-6(12)8-7(3-9,4-10)5-11;1-2-4(7)5-3-6/h2H,1,3-8,10H2,(H,11,12);2,8H,1,3-6H2;2,9-11H,1,3-5H2,(H,8,12);2,6H,1,3H2,(H,5,7). The van der Waals surface area contributed by atoms with E-state index in [9.17, 15) is 19.2 Å². The largest absolute Gasteiger partial charge is 0.394 e. The molecule has 1 aliphatic rings. The minimum Gasteiger partial charge on any atom is -0.394 e. The molecule has 0 aromatic heterocycles. The molecule has 0 aliphatic carbocycles. The summed E-state index contributed by atoms with van der Waals surface area (Å²) in [5.41, 5.74) is 3.86. The maximum atomic E-state index is 10.9. The zero-order valence-electron chi connectivity index (χ0n) is 24.8. The van der Waals surface area contributed by atoms with Crippen LogP contribution in [0.3, 0.4) is 0 Å². The average Bonchev–Trinajstić information content (AvgIpc) is 3.05. The number of aliphatic hydroxyl groups is 4. The van der Waals surface area contributed by atoms with Crippen molar-refractivity contribution in [3.63, 3.8) is 0 Å². The molecule has 1 aliphatic heterocycles. The summed E-state index contributed by atoms with van der Waals surface area (Å²) in [6.07, 6.45) is 4.68. The fraction of sp³-hybridized carbons (Fsp3) is 0.556. The van der Waals surface area contributed by atoms with Gasteiger partial charge >= 0.3 is 0 Å². The quantitative estimate of drug-likeness (QED) is 0.0432. The first kappa shape index (κ1) is 44.0. The van der Waals surface area contributed by atoms with Gasteiger partial charge in [0.15, 0.2) is 0 Å². The molecular weight excluding hydrogens is 568 g/mol. The predicted octanol–water partition coefficient (Wildman–Crippen LogP) is -3.87. The zero-order chi connectivity index (χ0) is 33.4. The van der Waals surface area contributed by atoms with Gasteiger partial charge in [-0.25, -0.2) is 0 Å². The maximum Gasteiger partial charge on any atom is 0.246 e. The van der Waals surface area contributed by atoms with Gasteiger partial charge in [0.2, 0.25) is 23.6 Å². The lowest BCUT2D eigenvalue weighted by Gasteiger charge is -2.27. The zero-order valence-corrected chi connectivity index (χ0v) is 24.8. The summed E-state index contributed by atoms with van der Waals surface area (Å²) in [4.78, 5) is 44.2.